The van der Waals surface area contributed by atoms with Gasteiger partial charge in [-0.15, -0.1) is 11.3 Å². The average Bonchev–Trinajstić information content (AvgIpc) is 3.01. The summed E-state index contributed by atoms with van der Waals surface area (Å²) in [5.41, 5.74) is -0.859. The number of H-pyrrole nitrogens is 1. The van der Waals surface area contributed by atoms with Crippen molar-refractivity contribution in [2.24, 2.45) is 5.41 Å². The van der Waals surface area contributed by atoms with Gasteiger partial charge >= 0.3 is 6.09 Å². The lowest BCUT2D eigenvalue weighted by molar-refractivity contribution is 0.0211. The van der Waals surface area contributed by atoms with Crippen molar-refractivity contribution in [2.45, 2.75) is 39.2 Å². The molecule has 1 fully saturated rings. The second-order valence-electron chi connectivity index (χ2n) is 6.83. The van der Waals surface area contributed by atoms with Crippen molar-refractivity contribution in [2.75, 3.05) is 6.54 Å². The number of aromatic amines is 1. The summed E-state index contributed by atoms with van der Waals surface area (Å²) < 4.78 is 1.37. The van der Waals surface area contributed by atoms with Gasteiger partial charge in [-0.2, -0.15) is 0 Å². The lowest BCUT2D eigenvalue weighted by Crippen LogP contribution is -2.54. The molecule has 0 aliphatic carbocycles. The molecule has 2 aromatic rings. The van der Waals surface area contributed by atoms with Crippen LogP contribution < -0.4 is 5.56 Å². The van der Waals surface area contributed by atoms with Gasteiger partial charge in [0.05, 0.1) is 9.30 Å². The second-order valence-corrected chi connectivity index (χ2v) is 9.26. The van der Waals surface area contributed by atoms with Gasteiger partial charge in [-0.1, -0.05) is 20.8 Å². The Morgan fingerprint density at radius 3 is 2.83 bits per heavy atom. The van der Waals surface area contributed by atoms with Crippen molar-refractivity contribution in [3.05, 3.63) is 26.0 Å². The first-order valence-corrected chi connectivity index (χ1v) is 8.98. The van der Waals surface area contributed by atoms with Gasteiger partial charge < -0.3 is 10.1 Å². The molecule has 6 nitrogen and oxygen atoms in total. The van der Waals surface area contributed by atoms with Crippen LogP contribution in [0.4, 0.5) is 4.79 Å². The summed E-state index contributed by atoms with van der Waals surface area (Å²) in [5, 5.41) is 9.66. The molecule has 0 aromatic carbocycles. The number of nitrogens with one attached hydrogen (secondary N) is 1. The molecule has 1 amide bonds. The molecule has 1 atom stereocenters. The SMILES string of the molecule is CC(C)(C)[C@@]1(c2nc3cc(Br)sc3c(=O)[nH]2)CCCN1C(=O)O. The predicted octanol–water partition coefficient (Wildman–Crippen LogP) is 3.76. The highest BCUT2D eigenvalue weighted by atomic mass is 79.9. The van der Waals surface area contributed by atoms with E-state index in [4.69, 9.17) is 0 Å². The lowest BCUT2D eigenvalue weighted by atomic mass is 9.71. The Hall–Kier alpha value is -1.41. The normalized spacial score (nSPS) is 22.0. The maximum Gasteiger partial charge on any atom is 0.408 e. The maximum atomic E-state index is 12.4. The van der Waals surface area contributed by atoms with Crippen LogP contribution in [-0.4, -0.2) is 32.6 Å². The van der Waals surface area contributed by atoms with Crippen LogP contribution in [0, 0.1) is 5.41 Å². The third kappa shape index (κ3) is 2.39. The summed E-state index contributed by atoms with van der Waals surface area (Å²) >= 11 is 4.70. The molecule has 0 bridgehead atoms. The maximum absolute atomic E-state index is 12.4. The van der Waals surface area contributed by atoms with Crippen LogP contribution in [-0.2, 0) is 5.54 Å². The molecular formula is C15H18BrN3O3S. The van der Waals surface area contributed by atoms with Crippen LogP contribution in [0.2, 0.25) is 0 Å². The quantitative estimate of drug-likeness (QED) is 0.763. The molecule has 0 saturated carbocycles. The van der Waals surface area contributed by atoms with Crippen LogP contribution in [0.5, 0.6) is 0 Å². The first kappa shape index (κ1) is 16.4. The smallest absolute Gasteiger partial charge is 0.408 e. The van der Waals surface area contributed by atoms with Gasteiger partial charge in [0.2, 0.25) is 0 Å². The van der Waals surface area contributed by atoms with Crippen molar-refractivity contribution >= 4 is 43.6 Å². The Balaban J connectivity index is 2.30. The highest BCUT2D eigenvalue weighted by Crippen LogP contribution is 2.50. The minimum atomic E-state index is -0.980. The Morgan fingerprint density at radius 2 is 2.22 bits per heavy atom. The number of nitrogens with zero attached hydrogens (tertiary/aromatic N) is 2. The molecule has 1 aliphatic heterocycles. The van der Waals surface area contributed by atoms with Crippen LogP contribution in [0.1, 0.15) is 39.4 Å². The highest BCUT2D eigenvalue weighted by Gasteiger charge is 2.55. The number of carboxylic acid groups (broad SMARTS) is 1. The Bertz CT molecular complexity index is 839. The molecule has 3 rings (SSSR count). The zero-order chi connectivity index (χ0) is 17.0. The molecule has 0 radical (unpaired) electrons. The molecule has 2 N–H and O–H groups in total. The number of thiophene rings is 1. The van der Waals surface area contributed by atoms with Crippen LogP contribution in [0.3, 0.4) is 0 Å². The number of fused-ring (bicyclic) bond motifs is 1. The first-order chi connectivity index (χ1) is 10.7. The van der Waals surface area contributed by atoms with Gasteiger partial charge in [0.25, 0.3) is 5.56 Å². The van der Waals surface area contributed by atoms with Crippen molar-refractivity contribution in [3.8, 4) is 0 Å². The van der Waals surface area contributed by atoms with Crippen LogP contribution in [0.15, 0.2) is 14.6 Å². The first-order valence-electron chi connectivity index (χ1n) is 7.37. The number of carbonyl (C=O) groups is 1. The molecule has 0 spiro atoms. The number of rotatable bonds is 1. The molecule has 3 heterocycles. The van der Waals surface area contributed by atoms with E-state index in [2.05, 4.69) is 25.9 Å². The van der Waals surface area contributed by atoms with E-state index in [9.17, 15) is 14.7 Å². The van der Waals surface area contributed by atoms with Crippen molar-refractivity contribution in [3.63, 3.8) is 0 Å². The van der Waals surface area contributed by atoms with E-state index >= 15 is 0 Å². The Kier molecular flexibility index (Phi) is 3.79. The molecule has 23 heavy (non-hydrogen) atoms. The van der Waals surface area contributed by atoms with Gasteiger partial charge in [0, 0.05) is 6.54 Å². The number of likely N-dealkylation sites (tertiary alicyclic amines) is 1. The van der Waals surface area contributed by atoms with Crippen molar-refractivity contribution in [1.29, 1.82) is 0 Å². The number of hydrogen-bond acceptors (Lipinski definition) is 4. The number of amides is 1. The van der Waals surface area contributed by atoms with E-state index in [-0.39, 0.29) is 5.56 Å². The van der Waals surface area contributed by atoms with E-state index in [1.807, 2.05) is 20.8 Å². The summed E-state index contributed by atoms with van der Waals surface area (Å²) in [6.07, 6.45) is 0.410. The predicted molar refractivity (Wildman–Crippen MR) is 93.0 cm³/mol. The van der Waals surface area contributed by atoms with E-state index in [1.54, 1.807) is 6.07 Å². The van der Waals surface area contributed by atoms with Gasteiger partial charge in [0.15, 0.2) is 0 Å². The molecule has 1 aliphatic rings. The number of halogens is 1. The van der Waals surface area contributed by atoms with E-state index in [1.165, 1.54) is 16.2 Å². The van der Waals surface area contributed by atoms with Crippen molar-refractivity contribution < 1.29 is 9.90 Å². The molecule has 1 saturated heterocycles. The minimum absolute atomic E-state index is 0.221. The summed E-state index contributed by atoms with van der Waals surface area (Å²) in [6.45, 7) is 6.41. The zero-order valence-electron chi connectivity index (χ0n) is 13.1. The molecule has 124 valence electrons. The Morgan fingerprint density at radius 1 is 1.52 bits per heavy atom. The largest absolute Gasteiger partial charge is 0.465 e. The molecule has 2 aromatic heterocycles. The topological polar surface area (TPSA) is 86.3 Å². The molecule has 0 unspecified atom stereocenters. The standard InChI is InChI=1S/C15H18BrN3O3S/c1-14(2,3)15(5-4-6-19(15)13(21)22)12-17-8-7-9(16)23-10(8)11(20)18-12/h7H,4-6H2,1-3H3,(H,21,22)(H,17,18,20)/t15-/m0/s1. The van der Waals surface area contributed by atoms with Gasteiger partial charge in [-0.25, -0.2) is 9.78 Å². The van der Waals surface area contributed by atoms with Crippen LogP contribution >= 0.6 is 27.3 Å². The van der Waals surface area contributed by atoms with E-state index in [0.717, 1.165) is 10.2 Å². The zero-order valence-corrected chi connectivity index (χ0v) is 15.5. The Labute approximate surface area is 145 Å². The van der Waals surface area contributed by atoms with Gasteiger partial charge in [-0.05, 0) is 40.3 Å². The summed E-state index contributed by atoms with van der Waals surface area (Å²) in [7, 11) is 0. The fraction of sp³-hybridized carbons (Fsp3) is 0.533. The van der Waals surface area contributed by atoms with Crippen molar-refractivity contribution in [1.82, 2.24) is 14.9 Å². The lowest BCUT2D eigenvalue weighted by Gasteiger charge is -2.45. The average molecular weight is 400 g/mol. The summed E-state index contributed by atoms with van der Waals surface area (Å²) in [6, 6.07) is 1.80. The van der Waals surface area contributed by atoms with Gasteiger partial charge in [-0.3, -0.25) is 9.69 Å². The summed E-state index contributed by atoms with van der Waals surface area (Å²) in [5.74, 6) is 0.438. The summed E-state index contributed by atoms with van der Waals surface area (Å²) in [4.78, 5) is 33.1. The molecule has 8 heteroatoms. The van der Waals surface area contributed by atoms with E-state index in [0.29, 0.717) is 29.0 Å². The van der Waals surface area contributed by atoms with Crippen LogP contribution in [0.25, 0.3) is 10.2 Å². The third-order valence-corrected chi connectivity index (χ3v) is 6.22. The highest BCUT2D eigenvalue weighted by molar-refractivity contribution is 9.11. The number of aromatic nitrogens is 2. The fourth-order valence-corrected chi connectivity index (χ4v) is 4.99. The third-order valence-electron chi connectivity index (χ3n) is 4.60. The monoisotopic (exact) mass is 399 g/mol. The number of hydrogen-bond donors (Lipinski definition) is 2. The minimum Gasteiger partial charge on any atom is -0.465 e. The fourth-order valence-electron chi connectivity index (χ4n) is 3.57. The van der Waals surface area contributed by atoms with E-state index < -0.39 is 17.0 Å². The van der Waals surface area contributed by atoms with Gasteiger partial charge in [0.1, 0.15) is 16.1 Å². The molecular weight excluding hydrogens is 382 g/mol. The second kappa shape index (κ2) is 5.31.